The van der Waals surface area contributed by atoms with Crippen LogP contribution in [0, 0.1) is 5.92 Å². The van der Waals surface area contributed by atoms with E-state index in [9.17, 15) is 4.79 Å². The highest BCUT2D eigenvalue weighted by atomic mass is 32.1. The Labute approximate surface area is 153 Å². The Kier molecular flexibility index (Phi) is 6.53. The molecule has 2 heterocycles. The van der Waals surface area contributed by atoms with Crippen molar-refractivity contribution >= 4 is 17.4 Å². The number of carbonyl (C=O) groups is 1. The molecule has 1 saturated heterocycles. The van der Waals surface area contributed by atoms with Crippen molar-refractivity contribution in [1.82, 2.24) is 14.5 Å². The summed E-state index contributed by atoms with van der Waals surface area (Å²) in [5.41, 5.74) is 2.06. The molecule has 0 saturated carbocycles. The molecule has 0 spiro atoms. The molecule has 1 amide bonds. The average molecular weight is 359 g/mol. The predicted molar refractivity (Wildman–Crippen MR) is 98.6 cm³/mol. The van der Waals surface area contributed by atoms with Gasteiger partial charge >= 0.3 is 0 Å². The topological polar surface area (TPSA) is 55.3 Å². The van der Waals surface area contributed by atoms with Crippen molar-refractivity contribution in [2.75, 3.05) is 19.7 Å². The average Bonchev–Trinajstić information content (AvgIpc) is 3.11. The number of rotatable bonds is 7. The van der Waals surface area contributed by atoms with E-state index in [1.165, 1.54) is 17.1 Å². The second kappa shape index (κ2) is 9.06. The number of hydrogen-bond acceptors (Lipinski definition) is 5. The molecule has 1 aliphatic rings. The molecule has 0 radical (unpaired) electrons. The number of aryl methyl sites for hydroxylation is 1. The van der Waals surface area contributed by atoms with Crippen molar-refractivity contribution < 1.29 is 9.53 Å². The SMILES string of the molecule is CCCc1nnsc1C(=O)N1CCC(COCc2ccccc2)CC1. The zero-order valence-corrected chi connectivity index (χ0v) is 15.5. The van der Waals surface area contributed by atoms with Gasteiger partial charge in [0.15, 0.2) is 0 Å². The first-order chi connectivity index (χ1) is 12.3. The van der Waals surface area contributed by atoms with Crippen molar-refractivity contribution in [3.8, 4) is 0 Å². The van der Waals surface area contributed by atoms with Crippen LogP contribution in [-0.2, 0) is 17.8 Å². The van der Waals surface area contributed by atoms with E-state index >= 15 is 0 Å². The Bertz CT molecular complexity index is 666. The number of aromatic nitrogens is 2. The summed E-state index contributed by atoms with van der Waals surface area (Å²) in [4.78, 5) is 15.4. The lowest BCUT2D eigenvalue weighted by atomic mass is 9.97. The van der Waals surface area contributed by atoms with E-state index in [-0.39, 0.29) is 5.91 Å². The van der Waals surface area contributed by atoms with Gasteiger partial charge in [-0.1, -0.05) is 48.2 Å². The Hall–Kier alpha value is -1.79. The molecule has 0 aliphatic carbocycles. The molecule has 0 unspecified atom stereocenters. The highest BCUT2D eigenvalue weighted by Gasteiger charge is 2.26. The Morgan fingerprint density at radius 3 is 2.76 bits per heavy atom. The van der Waals surface area contributed by atoms with Gasteiger partial charge in [-0.15, -0.1) is 5.10 Å². The number of hydrogen-bond donors (Lipinski definition) is 0. The minimum Gasteiger partial charge on any atom is -0.376 e. The van der Waals surface area contributed by atoms with E-state index in [4.69, 9.17) is 4.74 Å². The van der Waals surface area contributed by atoms with Crippen molar-refractivity contribution in [2.45, 2.75) is 39.2 Å². The quantitative estimate of drug-likeness (QED) is 0.758. The number of nitrogens with zero attached hydrogens (tertiary/aromatic N) is 3. The van der Waals surface area contributed by atoms with Gasteiger partial charge in [0.05, 0.1) is 12.3 Å². The van der Waals surface area contributed by atoms with E-state index < -0.39 is 0 Å². The summed E-state index contributed by atoms with van der Waals surface area (Å²) < 4.78 is 9.82. The van der Waals surface area contributed by atoms with E-state index in [0.29, 0.717) is 12.5 Å². The van der Waals surface area contributed by atoms with Gasteiger partial charge in [0, 0.05) is 19.7 Å². The number of benzene rings is 1. The lowest BCUT2D eigenvalue weighted by Crippen LogP contribution is -2.39. The number of ether oxygens (including phenoxy) is 1. The van der Waals surface area contributed by atoms with Gasteiger partial charge in [0.1, 0.15) is 4.88 Å². The number of piperidine rings is 1. The summed E-state index contributed by atoms with van der Waals surface area (Å²) in [7, 11) is 0. The minimum absolute atomic E-state index is 0.0992. The second-order valence-electron chi connectivity index (χ2n) is 6.54. The Balaban J connectivity index is 1.43. The highest BCUT2D eigenvalue weighted by Crippen LogP contribution is 2.22. The predicted octanol–water partition coefficient (Wildman–Crippen LogP) is 3.56. The van der Waals surface area contributed by atoms with Crippen molar-refractivity contribution in [1.29, 1.82) is 0 Å². The molecule has 6 heteroatoms. The maximum Gasteiger partial charge on any atom is 0.267 e. The standard InChI is InChI=1S/C19H25N3O2S/c1-2-6-17-18(25-21-20-17)19(23)22-11-9-16(10-12-22)14-24-13-15-7-4-3-5-8-15/h3-5,7-8,16H,2,6,9-14H2,1H3. The fourth-order valence-electron chi connectivity index (χ4n) is 3.14. The van der Waals surface area contributed by atoms with Crippen LogP contribution in [0.25, 0.3) is 0 Å². The molecule has 0 N–H and O–H groups in total. The van der Waals surface area contributed by atoms with Crippen molar-refractivity contribution in [2.24, 2.45) is 5.92 Å². The number of carbonyl (C=O) groups excluding carboxylic acids is 1. The third kappa shape index (κ3) is 4.86. The normalized spacial score (nSPS) is 15.5. The maximum atomic E-state index is 12.7. The Morgan fingerprint density at radius 1 is 1.28 bits per heavy atom. The first-order valence-corrected chi connectivity index (χ1v) is 9.77. The number of likely N-dealkylation sites (tertiary alicyclic amines) is 1. The summed E-state index contributed by atoms with van der Waals surface area (Å²) in [6, 6.07) is 10.2. The lowest BCUT2D eigenvalue weighted by Gasteiger charge is -2.31. The summed E-state index contributed by atoms with van der Waals surface area (Å²) in [5.74, 6) is 0.629. The van der Waals surface area contributed by atoms with E-state index in [1.807, 2.05) is 23.1 Å². The molecular weight excluding hydrogens is 334 g/mol. The first-order valence-electron chi connectivity index (χ1n) is 9.00. The van der Waals surface area contributed by atoms with Gasteiger partial charge in [0.25, 0.3) is 5.91 Å². The molecular formula is C19H25N3O2S. The lowest BCUT2D eigenvalue weighted by molar-refractivity contribution is 0.0480. The van der Waals surface area contributed by atoms with Gasteiger partial charge in [-0.25, -0.2) is 0 Å². The van der Waals surface area contributed by atoms with Gasteiger partial charge in [-0.2, -0.15) is 0 Å². The van der Waals surface area contributed by atoms with Gasteiger partial charge in [-0.3, -0.25) is 4.79 Å². The Morgan fingerprint density at radius 2 is 2.04 bits per heavy atom. The first kappa shape index (κ1) is 18.0. The third-order valence-electron chi connectivity index (χ3n) is 4.60. The molecule has 1 aromatic carbocycles. The molecule has 0 atom stereocenters. The molecule has 1 aromatic heterocycles. The molecule has 25 heavy (non-hydrogen) atoms. The van der Waals surface area contributed by atoms with Crippen LogP contribution in [0.3, 0.4) is 0 Å². The van der Waals surface area contributed by atoms with E-state index in [2.05, 4.69) is 28.6 Å². The van der Waals surface area contributed by atoms with Crippen LogP contribution in [0.2, 0.25) is 0 Å². The minimum atomic E-state index is 0.0992. The number of amides is 1. The van der Waals surface area contributed by atoms with Crippen molar-refractivity contribution in [3.05, 3.63) is 46.5 Å². The summed E-state index contributed by atoms with van der Waals surface area (Å²) in [5, 5.41) is 4.11. The van der Waals surface area contributed by atoms with Crippen LogP contribution >= 0.6 is 11.5 Å². The highest BCUT2D eigenvalue weighted by molar-refractivity contribution is 7.08. The molecule has 0 bridgehead atoms. The van der Waals surface area contributed by atoms with E-state index in [0.717, 1.165) is 56.0 Å². The van der Waals surface area contributed by atoms with Crippen LogP contribution in [0.4, 0.5) is 0 Å². The fourth-order valence-corrected chi connectivity index (χ4v) is 3.81. The van der Waals surface area contributed by atoms with Gasteiger partial charge in [-0.05, 0) is 42.3 Å². The summed E-state index contributed by atoms with van der Waals surface area (Å²) >= 11 is 1.23. The van der Waals surface area contributed by atoms with Crippen LogP contribution in [0.5, 0.6) is 0 Å². The summed E-state index contributed by atoms with van der Waals surface area (Å²) in [6.45, 7) is 5.10. The smallest absolute Gasteiger partial charge is 0.267 e. The second-order valence-corrected chi connectivity index (χ2v) is 7.29. The van der Waals surface area contributed by atoms with Crippen LogP contribution in [-0.4, -0.2) is 40.1 Å². The third-order valence-corrected chi connectivity index (χ3v) is 5.36. The molecule has 1 fully saturated rings. The van der Waals surface area contributed by atoms with Crippen molar-refractivity contribution in [3.63, 3.8) is 0 Å². The summed E-state index contributed by atoms with van der Waals surface area (Å²) in [6.07, 6.45) is 3.79. The van der Waals surface area contributed by atoms with Crippen LogP contribution < -0.4 is 0 Å². The molecule has 2 aromatic rings. The van der Waals surface area contributed by atoms with Gasteiger partial charge < -0.3 is 9.64 Å². The van der Waals surface area contributed by atoms with Crippen LogP contribution in [0.15, 0.2) is 30.3 Å². The van der Waals surface area contributed by atoms with E-state index in [1.54, 1.807) is 0 Å². The van der Waals surface area contributed by atoms with Gasteiger partial charge in [0.2, 0.25) is 0 Å². The molecule has 134 valence electrons. The molecule has 5 nitrogen and oxygen atoms in total. The molecule has 1 aliphatic heterocycles. The largest absolute Gasteiger partial charge is 0.376 e. The van der Waals surface area contributed by atoms with Crippen LogP contribution in [0.1, 0.15) is 47.1 Å². The zero-order valence-electron chi connectivity index (χ0n) is 14.7. The maximum absolute atomic E-state index is 12.7. The molecule has 3 rings (SSSR count). The fraction of sp³-hybridized carbons (Fsp3) is 0.526. The monoisotopic (exact) mass is 359 g/mol. The zero-order chi connectivity index (χ0) is 17.5.